The number of nitrogen functional groups attached to an aromatic ring is 1. The molecule has 2 N–H and O–H groups in total. The molecule has 1 aliphatic rings. The molecular weight excluding hydrogens is 233 g/mol. The fraction of sp³-hybridized carbons (Fsp3) is 0.417. The van der Waals surface area contributed by atoms with Crippen LogP contribution in [0.3, 0.4) is 0 Å². The number of nitrogens with two attached hydrogens (primary N) is 1. The summed E-state index contributed by atoms with van der Waals surface area (Å²) in [5, 5.41) is 11.7. The van der Waals surface area contributed by atoms with Crippen LogP contribution < -0.4 is 5.73 Å². The van der Waals surface area contributed by atoms with Gasteiger partial charge in [-0.3, -0.25) is 0 Å². The summed E-state index contributed by atoms with van der Waals surface area (Å²) in [7, 11) is 0. The highest BCUT2D eigenvalue weighted by molar-refractivity contribution is 5.59. The summed E-state index contributed by atoms with van der Waals surface area (Å²) in [6.45, 7) is 4.32. The zero-order chi connectivity index (χ0) is 12.9. The smallest absolute Gasteiger partial charge is 0.182 e. The molecule has 0 bridgehead atoms. The predicted octanol–water partition coefficient (Wildman–Crippen LogP) is 2.03. The average Bonchev–Trinajstić information content (AvgIpc) is 2.77. The Labute approximate surface area is 104 Å². The van der Waals surface area contributed by atoms with Crippen LogP contribution in [0.15, 0.2) is 18.2 Å². The first-order valence-electron chi connectivity index (χ1n) is 5.82. The number of rotatable bonds is 2. The molecule has 2 aromatic rings. The molecule has 1 heterocycles. The number of halogens is 1. The van der Waals surface area contributed by atoms with E-state index in [1.807, 2.05) is 0 Å². The zero-order valence-corrected chi connectivity index (χ0v) is 10.3. The van der Waals surface area contributed by atoms with Crippen LogP contribution >= 0.6 is 0 Å². The second kappa shape index (κ2) is 3.51. The molecular formula is C12H14FN5. The van der Waals surface area contributed by atoms with Crippen molar-refractivity contribution in [3.05, 3.63) is 24.0 Å². The van der Waals surface area contributed by atoms with Gasteiger partial charge in [-0.05, 0) is 40.5 Å². The van der Waals surface area contributed by atoms with Gasteiger partial charge in [-0.25, -0.2) is 9.07 Å². The monoisotopic (exact) mass is 247 g/mol. The topological polar surface area (TPSA) is 69.6 Å². The van der Waals surface area contributed by atoms with Crippen molar-refractivity contribution < 1.29 is 4.39 Å². The second-order valence-corrected chi connectivity index (χ2v) is 5.39. The van der Waals surface area contributed by atoms with Crippen LogP contribution in [0.5, 0.6) is 0 Å². The van der Waals surface area contributed by atoms with E-state index < -0.39 is 5.82 Å². The third-order valence-corrected chi connectivity index (χ3v) is 3.51. The van der Waals surface area contributed by atoms with Gasteiger partial charge in [0, 0.05) is 5.56 Å². The van der Waals surface area contributed by atoms with Crippen molar-refractivity contribution in [3.8, 4) is 11.4 Å². The lowest BCUT2D eigenvalue weighted by Crippen LogP contribution is -2.05. The Morgan fingerprint density at radius 2 is 2.17 bits per heavy atom. The highest BCUT2D eigenvalue weighted by Gasteiger charge is 2.49. The lowest BCUT2D eigenvalue weighted by Gasteiger charge is -2.07. The van der Waals surface area contributed by atoms with Gasteiger partial charge in [0.25, 0.3) is 0 Å². The van der Waals surface area contributed by atoms with Crippen molar-refractivity contribution in [1.82, 2.24) is 20.2 Å². The summed E-state index contributed by atoms with van der Waals surface area (Å²) < 4.78 is 15.2. The molecule has 1 aromatic heterocycles. The van der Waals surface area contributed by atoms with E-state index in [0.29, 0.717) is 11.4 Å². The zero-order valence-electron chi connectivity index (χ0n) is 10.3. The molecule has 18 heavy (non-hydrogen) atoms. The SMILES string of the molecule is CC1(C)CC1n1nnnc1-c1ccc(N)c(F)c1. The summed E-state index contributed by atoms with van der Waals surface area (Å²) in [6, 6.07) is 4.91. The molecule has 5 nitrogen and oxygen atoms in total. The maximum Gasteiger partial charge on any atom is 0.182 e. The fourth-order valence-corrected chi connectivity index (χ4v) is 2.12. The van der Waals surface area contributed by atoms with E-state index in [1.54, 1.807) is 10.7 Å². The van der Waals surface area contributed by atoms with Gasteiger partial charge in [-0.15, -0.1) is 5.10 Å². The summed E-state index contributed by atoms with van der Waals surface area (Å²) in [5.41, 5.74) is 6.44. The first kappa shape index (κ1) is 11.1. The molecule has 1 fully saturated rings. The van der Waals surface area contributed by atoms with Gasteiger partial charge < -0.3 is 5.73 Å². The quantitative estimate of drug-likeness (QED) is 0.824. The number of benzene rings is 1. The van der Waals surface area contributed by atoms with Crippen molar-refractivity contribution in [1.29, 1.82) is 0 Å². The molecule has 3 rings (SSSR count). The first-order chi connectivity index (χ1) is 8.49. The van der Waals surface area contributed by atoms with Gasteiger partial charge in [-0.1, -0.05) is 13.8 Å². The Morgan fingerprint density at radius 3 is 2.78 bits per heavy atom. The van der Waals surface area contributed by atoms with E-state index in [1.165, 1.54) is 12.1 Å². The molecule has 0 radical (unpaired) electrons. The minimum Gasteiger partial charge on any atom is -0.396 e. The van der Waals surface area contributed by atoms with Crippen molar-refractivity contribution in [2.75, 3.05) is 5.73 Å². The van der Waals surface area contributed by atoms with Gasteiger partial charge in [0.2, 0.25) is 0 Å². The van der Waals surface area contributed by atoms with Crippen LogP contribution in [0.1, 0.15) is 26.3 Å². The summed E-state index contributed by atoms with van der Waals surface area (Å²) in [4.78, 5) is 0. The van der Waals surface area contributed by atoms with Crippen molar-refractivity contribution in [3.63, 3.8) is 0 Å². The molecule has 0 spiro atoms. The van der Waals surface area contributed by atoms with Crippen LogP contribution in [0.2, 0.25) is 0 Å². The van der Waals surface area contributed by atoms with E-state index in [9.17, 15) is 4.39 Å². The number of aromatic nitrogens is 4. The van der Waals surface area contributed by atoms with E-state index >= 15 is 0 Å². The molecule has 94 valence electrons. The van der Waals surface area contributed by atoms with E-state index in [2.05, 4.69) is 29.4 Å². The van der Waals surface area contributed by atoms with Gasteiger partial charge in [-0.2, -0.15) is 0 Å². The Bertz CT molecular complexity index is 604. The summed E-state index contributed by atoms with van der Waals surface area (Å²) in [6.07, 6.45) is 1.03. The summed E-state index contributed by atoms with van der Waals surface area (Å²) in [5.74, 6) is 0.140. The Kier molecular flexibility index (Phi) is 2.17. The molecule has 0 amide bonds. The Balaban J connectivity index is 2.02. The van der Waals surface area contributed by atoms with Crippen LogP contribution in [0.4, 0.5) is 10.1 Å². The number of tetrazole rings is 1. The molecule has 1 atom stereocenters. The number of hydrogen-bond donors (Lipinski definition) is 1. The largest absolute Gasteiger partial charge is 0.396 e. The number of anilines is 1. The van der Waals surface area contributed by atoms with Crippen LogP contribution in [0.25, 0.3) is 11.4 Å². The van der Waals surface area contributed by atoms with Gasteiger partial charge in [0.1, 0.15) is 5.82 Å². The summed E-state index contributed by atoms with van der Waals surface area (Å²) >= 11 is 0. The standard InChI is InChI=1S/C12H14FN5/c1-12(2)6-10(12)18-11(15-16-17-18)7-3-4-9(14)8(13)5-7/h3-5,10H,6,14H2,1-2H3. The molecule has 6 heteroatoms. The Morgan fingerprint density at radius 1 is 1.44 bits per heavy atom. The van der Waals surface area contributed by atoms with E-state index in [-0.39, 0.29) is 17.1 Å². The lowest BCUT2D eigenvalue weighted by molar-refractivity contribution is 0.497. The second-order valence-electron chi connectivity index (χ2n) is 5.39. The van der Waals surface area contributed by atoms with Crippen molar-refractivity contribution in [2.45, 2.75) is 26.3 Å². The molecule has 1 aliphatic carbocycles. The van der Waals surface area contributed by atoms with E-state index in [4.69, 9.17) is 5.73 Å². The van der Waals surface area contributed by atoms with Crippen LogP contribution in [0, 0.1) is 11.2 Å². The first-order valence-corrected chi connectivity index (χ1v) is 5.82. The maximum atomic E-state index is 13.5. The predicted molar refractivity (Wildman–Crippen MR) is 65.1 cm³/mol. The third kappa shape index (κ3) is 1.64. The number of nitrogens with zero attached hydrogens (tertiary/aromatic N) is 4. The highest BCUT2D eigenvalue weighted by atomic mass is 19.1. The van der Waals surface area contributed by atoms with Crippen molar-refractivity contribution >= 4 is 5.69 Å². The minimum atomic E-state index is -0.447. The average molecular weight is 247 g/mol. The Hall–Kier alpha value is -1.98. The van der Waals surface area contributed by atoms with Gasteiger partial charge >= 0.3 is 0 Å². The molecule has 0 aliphatic heterocycles. The fourth-order valence-electron chi connectivity index (χ4n) is 2.12. The van der Waals surface area contributed by atoms with Crippen LogP contribution in [-0.4, -0.2) is 20.2 Å². The van der Waals surface area contributed by atoms with Crippen LogP contribution in [-0.2, 0) is 0 Å². The normalized spacial score (nSPS) is 20.9. The van der Waals surface area contributed by atoms with Gasteiger partial charge in [0.05, 0.1) is 11.7 Å². The maximum absolute atomic E-state index is 13.5. The lowest BCUT2D eigenvalue weighted by atomic mass is 10.1. The number of hydrogen-bond acceptors (Lipinski definition) is 4. The van der Waals surface area contributed by atoms with Crippen molar-refractivity contribution in [2.24, 2.45) is 5.41 Å². The third-order valence-electron chi connectivity index (χ3n) is 3.51. The molecule has 1 aromatic carbocycles. The minimum absolute atomic E-state index is 0.129. The molecule has 1 unspecified atom stereocenters. The highest BCUT2D eigenvalue weighted by Crippen LogP contribution is 2.55. The molecule has 0 saturated heterocycles. The van der Waals surface area contributed by atoms with Gasteiger partial charge in [0.15, 0.2) is 5.82 Å². The molecule has 1 saturated carbocycles. The van der Waals surface area contributed by atoms with E-state index in [0.717, 1.165) is 6.42 Å².